The molecule has 0 saturated heterocycles. The van der Waals surface area contributed by atoms with E-state index < -0.39 is 0 Å². The van der Waals surface area contributed by atoms with Crippen molar-refractivity contribution in [2.24, 2.45) is 13.0 Å². The number of rotatable bonds is 3. The Morgan fingerprint density at radius 2 is 2.10 bits per heavy atom. The molecule has 0 bridgehead atoms. The molecule has 0 N–H and O–H groups in total. The van der Waals surface area contributed by atoms with Gasteiger partial charge < -0.3 is 0 Å². The highest BCUT2D eigenvalue weighted by Gasteiger charge is 2.32. The van der Waals surface area contributed by atoms with Gasteiger partial charge in [-0.2, -0.15) is 10.4 Å². The molecule has 3 atom stereocenters. The van der Waals surface area contributed by atoms with E-state index in [9.17, 15) is 5.26 Å². The summed E-state index contributed by atoms with van der Waals surface area (Å²) in [5, 5.41) is 14.0. The lowest BCUT2D eigenvalue weighted by atomic mass is 9.79. The third-order valence-electron chi connectivity index (χ3n) is 4.20. The van der Waals surface area contributed by atoms with Gasteiger partial charge in [-0.15, -0.1) is 11.8 Å². The van der Waals surface area contributed by atoms with Crippen molar-refractivity contribution in [3.63, 3.8) is 0 Å². The molecular weight excluding hydrogens is 278 g/mol. The quantitative estimate of drug-likeness (QED) is 0.860. The largest absolute Gasteiger partial charge is 0.275 e. The minimum Gasteiger partial charge on any atom is -0.275 e. The highest BCUT2D eigenvalue weighted by atomic mass is 32.2. The van der Waals surface area contributed by atoms with Gasteiger partial charge in [0.25, 0.3) is 0 Å². The van der Waals surface area contributed by atoms with Gasteiger partial charge in [0.05, 0.1) is 18.2 Å². The standard InChI is InChI=1S/C17H19N3S/c1-20-12-16(11-19-20)21-17-9-14(7-8-15(17)10-18)13-5-3-2-4-6-13/h2-6,11-12,14-15,17H,7-9H2,1H3. The van der Waals surface area contributed by atoms with Gasteiger partial charge in [0.15, 0.2) is 0 Å². The molecule has 1 fully saturated rings. The molecule has 1 saturated carbocycles. The Bertz CT molecular complexity index is 629. The zero-order chi connectivity index (χ0) is 14.7. The minimum absolute atomic E-state index is 0.148. The number of hydrogen-bond donors (Lipinski definition) is 0. The smallest absolute Gasteiger partial charge is 0.0667 e. The summed E-state index contributed by atoms with van der Waals surface area (Å²) in [5.41, 5.74) is 1.41. The summed E-state index contributed by atoms with van der Waals surface area (Å²) in [6.07, 6.45) is 7.11. The van der Waals surface area contributed by atoms with Gasteiger partial charge in [-0.25, -0.2) is 0 Å². The Labute approximate surface area is 130 Å². The SMILES string of the molecule is Cn1cc(SC2CC(c3ccccc3)CCC2C#N)cn1. The molecule has 0 radical (unpaired) electrons. The van der Waals surface area contributed by atoms with Crippen LogP contribution in [0.5, 0.6) is 0 Å². The summed E-state index contributed by atoms with van der Waals surface area (Å²) in [5.74, 6) is 0.722. The molecule has 0 amide bonds. The number of hydrogen-bond acceptors (Lipinski definition) is 3. The van der Waals surface area contributed by atoms with Gasteiger partial charge >= 0.3 is 0 Å². The van der Waals surface area contributed by atoms with E-state index in [0.29, 0.717) is 11.2 Å². The van der Waals surface area contributed by atoms with Crippen molar-refractivity contribution < 1.29 is 0 Å². The van der Waals surface area contributed by atoms with Crippen molar-refractivity contribution in [1.29, 1.82) is 5.26 Å². The Morgan fingerprint density at radius 3 is 2.76 bits per heavy atom. The second kappa shape index (κ2) is 6.36. The molecular formula is C17H19N3S. The van der Waals surface area contributed by atoms with E-state index >= 15 is 0 Å². The van der Waals surface area contributed by atoms with Crippen LogP contribution >= 0.6 is 11.8 Å². The molecule has 21 heavy (non-hydrogen) atoms. The van der Waals surface area contributed by atoms with Gasteiger partial charge in [0.2, 0.25) is 0 Å². The lowest BCUT2D eigenvalue weighted by molar-refractivity contribution is 0.393. The lowest BCUT2D eigenvalue weighted by Crippen LogP contribution is -2.25. The normalized spacial score (nSPS) is 25.4. The number of nitriles is 1. The summed E-state index contributed by atoms with van der Waals surface area (Å²) in [6, 6.07) is 13.2. The van der Waals surface area contributed by atoms with Crippen molar-refractivity contribution in [3.05, 3.63) is 48.3 Å². The number of thioether (sulfide) groups is 1. The molecule has 3 nitrogen and oxygen atoms in total. The molecule has 1 aromatic heterocycles. The first-order valence-corrected chi connectivity index (χ1v) is 8.24. The predicted molar refractivity (Wildman–Crippen MR) is 85.0 cm³/mol. The predicted octanol–water partition coefficient (Wildman–Crippen LogP) is 3.99. The molecule has 1 aromatic carbocycles. The second-order valence-electron chi connectivity index (χ2n) is 5.66. The number of aryl methyl sites for hydroxylation is 1. The molecule has 4 heteroatoms. The van der Waals surface area contributed by atoms with Crippen molar-refractivity contribution in [2.75, 3.05) is 0 Å². The minimum atomic E-state index is 0.148. The molecule has 0 aliphatic heterocycles. The zero-order valence-corrected chi connectivity index (χ0v) is 13.0. The summed E-state index contributed by atoms with van der Waals surface area (Å²) in [4.78, 5) is 1.16. The van der Waals surface area contributed by atoms with Crippen LogP contribution in [0.15, 0.2) is 47.6 Å². The number of nitrogens with zero attached hydrogens (tertiary/aromatic N) is 3. The highest BCUT2D eigenvalue weighted by Crippen LogP contribution is 2.43. The molecule has 108 valence electrons. The van der Waals surface area contributed by atoms with Gasteiger partial charge in [-0.05, 0) is 30.7 Å². The van der Waals surface area contributed by atoms with Crippen molar-refractivity contribution in [2.45, 2.75) is 35.3 Å². The second-order valence-corrected chi connectivity index (χ2v) is 6.97. The van der Waals surface area contributed by atoms with Gasteiger partial charge in [0.1, 0.15) is 0 Å². The summed E-state index contributed by atoms with van der Waals surface area (Å²) < 4.78 is 1.82. The molecule has 1 aliphatic rings. The number of aromatic nitrogens is 2. The molecule has 3 unspecified atom stereocenters. The van der Waals surface area contributed by atoms with Crippen LogP contribution in [0.3, 0.4) is 0 Å². The first kappa shape index (κ1) is 14.2. The molecule has 1 aliphatic carbocycles. The van der Waals surface area contributed by atoms with Crippen LogP contribution in [0.1, 0.15) is 30.7 Å². The summed E-state index contributed by atoms with van der Waals surface area (Å²) in [7, 11) is 1.93. The first-order valence-electron chi connectivity index (χ1n) is 7.36. The fourth-order valence-electron chi connectivity index (χ4n) is 3.07. The zero-order valence-electron chi connectivity index (χ0n) is 12.1. The van der Waals surface area contributed by atoms with Crippen LogP contribution < -0.4 is 0 Å². The molecule has 2 aromatic rings. The fraction of sp³-hybridized carbons (Fsp3) is 0.412. The van der Waals surface area contributed by atoms with E-state index in [1.807, 2.05) is 35.9 Å². The third kappa shape index (κ3) is 3.30. The molecule has 0 spiro atoms. The van der Waals surface area contributed by atoms with Crippen LogP contribution in [-0.2, 0) is 7.05 Å². The van der Waals surface area contributed by atoms with Crippen molar-refractivity contribution in [1.82, 2.24) is 9.78 Å². The van der Waals surface area contributed by atoms with Gasteiger partial charge in [-0.3, -0.25) is 4.68 Å². The lowest BCUT2D eigenvalue weighted by Gasteiger charge is -2.32. The first-order chi connectivity index (χ1) is 10.3. The van der Waals surface area contributed by atoms with E-state index in [-0.39, 0.29) is 5.92 Å². The van der Waals surface area contributed by atoms with E-state index in [0.717, 1.165) is 24.2 Å². The highest BCUT2D eigenvalue weighted by molar-refractivity contribution is 8.00. The Hall–Kier alpha value is -1.73. The summed E-state index contributed by atoms with van der Waals surface area (Å²) in [6.45, 7) is 0. The van der Waals surface area contributed by atoms with Crippen LogP contribution in [0.2, 0.25) is 0 Å². The van der Waals surface area contributed by atoms with Crippen LogP contribution in [0.4, 0.5) is 0 Å². The van der Waals surface area contributed by atoms with Crippen molar-refractivity contribution in [3.8, 4) is 6.07 Å². The Kier molecular flexibility index (Phi) is 4.31. The van der Waals surface area contributed by atoms with Crippen LogP contribution in [-0.4, -0.2) is 15.0 Å². The topological polar surface area (TPSA) is 41.6 Å². The maximum atomic E-state index is 9.42. The maximum absolute atomic E-state index is 9.42. The monoisotopic (exact) mass is 297 g/mol. The average molecular weight is 297 g/mol. The number of benzene rings is 1. The van der Waals surface area contributed by atoms with E-state index in [1.54, 1.807) is 0 Å². The van der Waals surface area contributed by atoms with E-state index in [4.69, 9.17) is 0 Å². The Balaban J connectivity index is 1.74. The average Bonchev–Trinajstić information content (AvgIpc) is 2.93. The van der Waals surface area contributed by atoms with Gasteiger partial charge in [-0.1, -0.05) is 30.3 Å². The molecule has 3 rings (SSSR count). The maximum Gasteiger partial charge on any atom is 0.0667 e. The molecule has 1 heterocycles. The van der Waals surface area contributed by atoms with Crippen LogP contribution in [0, 0.1) is 17.2 Å². The van der Waals surface area contributed by atoms with E-state index in [1.165, 1.54) is 5.56 Å². The fourth-order valence-corrected chi connectivity index (χ4v) is 4.43. The van der Waals surface area contributed by atoms with Crippen LogP contribution in [0.25, 0.3) is 0 Å². The van der Waals surface area contributed by atoms with Gasteiger partial charge in [0, 0.05) is 23.4 Å². The van der Waals surface area contributed by atoms with E-state index in [2.05, 4.69) is 41.5 Å². The summed E-state index contributed by atoms with van der Waals surface area (Å²) >= 11 is 1.81. The third-order valence-corrected chi connectivity index (χ3v) is 5.50. The van der Waals surface area contributed by atoms with Crippen molar-refractivity contribution >= 4 is 11.8 Å². The Morgan fingerprint density at radius 1 is 1.29 bits per heavy atom.